The fraction of sp³-hybridized carbons (Fsp3) is 0.0952. The van der Waals surface area contributed by atoms with E-state index in [0.717, 1.165) is 0 Å². The molecule has 7 heteroatoms. The SMILES string of the molecule is COc1ccc(Cl)cc1C(=O)Nc1cc(C)c2c(=O)oc3ccccc3c2n1. The van der Waals surface area contributed by atoms with Crippen molar-refractivity contribution < 1.29 is 13.9 Å². The normalized spacial score (nSPS) is 11.0. The number of hydrogen-bond donors (Lipinski definition) is 1. The molecule has 0 unspecified atom stereocenters. The third-order valence-electron chi connectivity index (χ3n) is 4.41. The number of rotatable bonds is 3. The minimum Gasteiger partial charge on any atom is -0.496 e. The Morgan fingerprint density at radius 1 is 1.18 bits per heavy atom. The third-order valence-corrected chi connectivity index (χ3v) is 4.65. The molecule has 2 aromatic heterocycles. The second-order valence-electron chi connectivity index (χ2n) is 6.23. The third kappa shape index (κ3) is 3.08. The Hall–Kier alpha value is -3.38. The van der Waals surface area contributed by atoms with Crippen molar-refractivity contribution in [3.05, 3.63) is 75.1 Å². The van der Waals surface area contributed by atoms with E-state index < -0.39 is 11.5 Å². The van der Waals surface area contributed by atoms with Crippen molar-refractivity contribution in [3.63, 3.8) is 0 Å². The molecule has 0 saturated heterocycles. The van der Waals surface area contributed by atoms with Crippen LogP contribution >= 0.6 is 11.6 Å². The molecule has 1 N–H and O–H groups in total. The van der Waals surface area contributed by atoms with Crippen LogP contribution in [0.25, 0.3) is 21.9 Å². The summed E-state index contributed by atoms with van der Waals surface area (Å²) >= 11 is 6.01. The topological polar surface area (TPSA) is 81.4 Å². The maximum Gasteiger partial charge on any atom is 0.346 e. The first-order valence-corrected chi connectivity index (χ1v) is 8.84. The quantitative estimate of drug-likeness (QED) is 0.407. The summed E-state index contributed by atoms with van der Waals surface area (Å²) in [7, 11) is 1.48. The number of aromatic nitrogens is 1. The van der Waals surface area contributed by atoms with Crippen LogP contribution in [0.4, 0.5) is 5.82 Å². The fourth-order valence-corrected chi connectivity index (χ4v) is 3.30. The van der Waals surface area contributed by atoms with Crippen molar-refractivity contribution in [1.29, 1.82) is 0 Å². The molecule has 0 aliphatic rings. The van der Waals surface area contributed by atoms with Crippen LogP contribution in [-0.4, -0.2) is 18.0 Å². The van der Waals surface area contributed by atoms with Gasteiger partial charge in [0.15, 0.2) is 0 Å². The van der Waals surface area contributed by atoms with Gasteiger partial charge in [0.25, 0.3) is 5.91 Å². The number of benzene rings is 2. The first kappa shape index (κ1) is 18.0. The molecule has 0 spiro atoms. The number of carbonyl (C=O) groups excluding carboxylic acids is 1. The number of aryl methyl sites for hydroxylation is 1. The number of amides is 1. The van der Waals surface area contributed by atoms with E-state index in [1.165, 1.54) is 13.2 Å². The Bertz CT molecular complexity index is 1300. The van der Waals surface area contributed by atoms with Crippen molar-refractivity contribution in [1.82, 2.24) is 4.98 Å². The molecule has 6 nitrogen and oxygen atoms in total. The van der Waals surface area contributed by atoms with E-state index in [9.17, 15) is 9.59 Å². The number of fused-ring (bicyclic) bond motifs is 3. The molecule has 0 saturated carbocycles. The van der Waals surface area contributed by atoms with Crippen molar-refractivity contribution in [2.75, 3.05) is 12.4 Å². The molecule has 2 aromatic carbocycles. The largest absolute Gasteiger partial charge is 0.496 e. The Morgan fingerprint density at radius 3 is 2.75 bits per heavy atom. The van der Waals surface area contributed by atoms with Gasteiger partial charge in [-0.05, 0) is 48.9 Å². The summed E-state index contributed by atoms with van der Waals surface area (Å²) in [5.74, 6) is 0.288. The molecule has 0 radical (unpaired) electrons. The molecule has 28 heavy (non-hydrogen) atoms. The van der Waals surface area contributed by atoms with Gasteiger partial charge in [-0.3, -0.25) is 4.79 Å². The van der Waals surface area contributed by atoms with Gasteiger partial charge >= 0.3 is 5.63 Å². The summed E-state index contributed by atoms with van der Waals surface area (Å²) in [5.41, 5.74) is 1.38. The maximum absolute atomic E-state index is 12.8. The summed E-state index contributed by atoms with van der Waals surface area (Å²) in [5, 5.41) is 4.25. The highest BCUT2D eigenvalue weighted by atomic mass is 35.5. The lowest BCUT2D eigenvalue weighted by Gasteiger charge is -2.11. The number of methoxy groups -OCH3 is 1. The maximum atomic E-state index is 12.8. The smallest absolute Gasteiger partial charge is 0.346 e. The highest BCUT2D eigenvalue weighted by Crippen LogP contribution is 2.27. The molecule has 0 atom stereocenters. The van der Waals surface area contributed by atoms with Crippen molar-refractivity contribution in [2.45, 2.75) is 6.92 Å². The van der Waals surface area contributed by atoms with E-state index >= 15 is 0 Å². The molecule has 0 aliphatic heterocycles. The van der Waals surface area contributed by atoms with Crippen molar-refractivity contribution >= 4 is 45.2 Å². The van der Waals surface area contributed by atoms with Crippen LogP contribution in [0.5, 0.6) is 5.75 Å². The van der Waals surface area contributed by atoms with E-state index in [2.05, 4.69) is 10.3 Å². The van der Waals surface area contributed by atoms with Gasteiger partial charge in [-0.1, -0.05) is 23.7 Å². The number of hydrogen-bond acceptors (Lipinski definition) is 5. The molecule has 0 fully saturated rings. The monoisotopic (exact) mass is 394 g/mol. The predicted octanol–water partition coefficient (Wildman–Crippen LogP) is 4.56. The van der Waals surface area contributed by atoms with Crippen molar-refractivity contribution in [2.24, 2.45) is 0 Å². The van der Waals surface area contributed by atoms with Gasteiger partial charge in [-0.2, -0.15) is 0 Å². The average Bonchev–Trinajstić information content (AvgIpc) is 2.67. The van der Waals surface area contributed by atoms with Gasteiger partial charge in [-0.15, -0.1) is 0 Å². The molecule has 1 amide bonds. The molecule has 4 aromatic rings. The lowest BCUT2D eigenvalue weighted by Crippen LogP contribution is -2.15. The molecule has 4 rings (SSSR count). The summed E-state index contributed by atoms with van der Waals surface area (Å²) in [6.07, 6.45) is 0. The number of carbonyl (C=O) groups is 1. The Kier molecular flexibility index (Phi) is 4.49. The number of anilines is 1. The zero-order valence-corrected chi connectivity index (χ0v) is 15.8. The molecular formula is C21H15ClN2O4. The zero-order valence-electron chi connectivity index (χ0n) is 15.1. The predicted molar refractivity (Wildman–Crippen MR) is 108 cm³/mol. The Balaban J connectivity index is 1.84. The highest BCUT2D eigenvalue weighted by Gasteiger charge is 2.17. The number of nitrogens with zero attached hydrogens (tertiary/aromatic N) is 1. The summed E-state index contributed by atoms with van der Waals surface area (Å²) in [6.45, 7) is 1.77. The van der Waals surface area contributed by atoms with E-state index in [-0.39, 0.29) is 5.56 Å². The van der Waals surface area contributed by atoms with Gasteiger partial charge in [0.05, 0.1) is 23.6 Å². The molecule has 2 heterocycles. The molecule has 0 bridgehead atoms. The lowest BCUT2D eigenvalue weighted by molar-refractivity contribution is 0.102. The van der Waals surface area contributed by atoms with Gasteiger partial charge in [-0.25, -0.2) is 9.78 Å². The average molecular weight is 395 g/mol. The van der Waals surface area contributed by atoms with Crippen LogP contribution in [0.3, 0.4) is 0 Å². The van der Waals surface area contributed by atoms with Gasteiger partial charge < -0.3 is 14.5 Å². The Labute approximate surface area is 164 Å². The summed E-state index contributed by atoms with van der Waals surface area (Å²) in [6, 6.07) is 13.5. The minimum atomic E-state index is -0.465. The number of para-hydroxylation sites is 1. The lowest BCUT2D eigenvalue weighted by atomic mass is 10.1. The van der Waals surface area contributed by atoms with Gasteiger partial charge in [0.1, 0.15) is 17.2 Å². The van der Waals surface area contributed by atoms with E-state index in [1.54, 1.807) is 37.3 Å². The van der Waals surface area contributed by atoms with Crippen LogP contribution in [0.1, 0.15) is 15.9 Å². The van der Waals surface area contributed by atoms with E-state index in [0.29, 0.717) is 44.0 Å². The van der Waals surface area contributed by atoms with Crippen LogP contribution in [0.2, 0.25) is 5.02 Å². The van der Waals surface area contributed by atoms with Crippen LogP contribution < -0.4 is 15.7 Å². The molecule has 140 valence electrons. The van der Waals surface area contributed by atoms with Crippen LogP contribution in [-0.2, 0) is 0 Å². The molecule has 0 aliphatic carbocycles. The second-order valence-corrected chi connectivity index (χ2v) is 6.67. The first-order chi connectivity index (χ1) is 13.5. The number of pyridine rings is 1. The van der Waals surface area contributed by atoms with Gasteiger partial charge in [0, 0.05) is 10.4 Å². The Morgan fingerprint density at radius 2 is 1.96 bits per heavy atom. The first-order valence-electron chi connectivity index (χ1n) is 8.46. The van der Waals surface area contributed by atoms with Crippen LogP contribution in [0.15, 0.2) is 57.7 Å². The highest BCUT2D eigenvalue weighted by molar-refractivity contribution is 6.31. The standard InChI is InChI=1S/C21H15ClN2O4/c1-11-9-17(24-20(25)14-10-12(22)7-8-15(14)27-2)23-19-13-5-3-4-6-16(13)28-21(26)18(11)19/h3-10H,1-2H3,(H,23,24,25). The number of nitrogens with one attached hydrogen (secondary N) is 1. The summed E-state index contributed by atoms with van der Waals surface area (Å²) in [4.78, 5) is 29.6. The zero-order chi connectivity index (χ0) is 19.8. The minimum absolute atomic E-state index is 0.284. The number of ether oxygens (including phenoxy) is 1. The van der Waals surface area contributed by atoms with E-state index in [4.69, 9.17) is 20.8 Å². The van der Waals surface area contributed by atoms with Crippen LogP contribution in [0, 0.1) is 6.92 Å². The number of halogens is 1. The van der Waals surface area contributed by atoms with Gasteiger partial charge in [0.2, 0.25) is 0 Å². The molecular weight excluding hydrogens is 380 g/mol. The summed E-state index contributed by atoms with van der Waals surface area (Å²) < 4.78 is 10.6. The van der Waals surface area contributed by atoms with E-state index in [1.807, 2.05) is 12.1 Å². The fourth-order valence-electron chi connectivity index (χ4n) is 3.13. The van der Waals surface area contributed by atoms with Crippen molar-refractivity contribution in [3.8, 4) is 5.75 Å². The second kappa shape index (κ2) is 6.98.